The van der Waals surface area contributed by atoms with Crippen molar-refractivity contribution in [3.8, 4) is 11.5 Å². The molecule has 0 aliphatic rings. The number of carboxylic acid groups (broad SMARTS) is 1. The predicted molar refractivity (Wildman–Crippen MR) is 209 cm³/mol. The summed E-state index contributed by atoms with van der Waals surface area (Å²) >= 11 is 0. The van der Waals surface area contributed by atoms with Gasteiger partial charge in [0, 0.05) is 11.8 Å². The van der Waals surface area contributed by atoms with E-state index in [1.807, 2.05) is 24.3 Å². The second-order valence-corrected chi connectivity index (χ2v) is 12.5. The summed E-state index contributed by atoms with van der Waals surface area (Å²) in [6.45, 7) is 7.34. The van der Waals surface area contributed by atoms with Crippen LogP contribution in [0, 0.1) is 0 Å². The number of benzene rings is 4. The van der Waals surface area contributed by atoms with E-state index in [0.29, 0.717) is 30.1 Å². The topological polar surface area (TPSA) is 112 Å². The first-order valence-corrected chi connectivity index (χ1v) is 17.8. The first-order valence-electron chi connectivity index (χ1n) is 17.8. The molecule has 0 fully saturated rings. The van der Waals surface area contributed by atoms with Crippen LogP contribution < -0.4 is 28.3 Å². The Kier molecular flexibility index (Phi) is 26.2. The summed E-state index contributed by atoms with van der Waals surface area (Å²) in [4.78, 5) is 23.3. The molecule has 58 heavy (non-hydrogen) atoms. The van der Waals surface area contributed by atoms with E-state index in [9.17, 15) is 41.0 Å². The van der Waals surface area contributed by atoms with Crippen LogP contribution in [0.3, 0.4) is 0 Å². The maximum atomic E-state index is 12.8. The molecular weight excluding hydrogens is 761 g/mol. The number of carbonyl (C=O) groups is 2. The van der Waals surface area contributed by atoms with Crippen LogP contribution >= 0.6 is 0 Å². The monoisotopic (exact) mass is 816 g/mol. The van der Waals surface area contributed by atoms with E-state index in [0.717, 1.165) is 66.8 Å². The molecule has 2 unspecified atom stereocenters. The number of ether oxygens (including phenoxy) is 3. The van der Waals surface area contributed by atoms with Crippen LogP contribution in [0.4, 0.5) is 26.3 Å². The molecule has 0 amide bonds. The molecule has 0 saturated heterocycles. The third-order valence-corrected chi connectivity index (χ3v) is 8.43. The van der Waals surface area contributed by atoms with Crippen LogP contribution in [0.1, 0.15) is 119 Å². The van der Waals surface area contributed by atoms with Crippen LogP contribution in [0.15, 0.2) is 97.1 Å². The molecule has 0 saturated carbocycles. The zero-order chi connectivity index (χ0) is 39.7. The Bertz CT molecular complexity index is 1710. The standard InChI is InChI=1S/C22H25F3O3.C20H21F3O3.2CH4.Li.H2O/c1-3-5-14-28-19-12-8-17(9-13-19)20(15-21(26)27-4-2)16-6-10-18(11-7-16)22(23,24)25;1-2-3-12-26-17-10-6-15(7-11-17)18(13-19(24)25)14-4-8-16(9-5-14)20(21,22)23;;;;/h6-13,20H,3-5,14-15H2,1-2H3;4-11,18H,2-3,12-13H2,1H3,(H,24,25);2*1H4;;1H2/q;;;;+1;/p-1. The minimum Gasteiger partial charge on any atom is -0.870 e. The summed E-state index contributed by atoms with van der Waals surface area (Å²) < 4.78 is 92.9. The van der Waals surface area contributed by atoms with E-state index in [1.165, 1.54) is 24.3 Å². The molecule has 7 nitrogen and oxygen atoms in total. The van der Waals surface area contributed by atoms with Crippen molar-refractivity contribution < 1.29 is 79.6 Å². The van der Waals surface area contributed by atoms with Crippen molar-refractivity contribution in [2.24, 2.45) is 0 Å². The number of alkyl halides is 6. The number of halogens is 6. The van der Waals surface area contributed by atoms with Crippen LogP contribution in [0.25, 0.3) is 0 Å². The van der Waals surface area contributed by atoms with Gasteiger partial charge in [-0.05, 0) is 90.6 Å². The second-order valence-electron chi connectivity index (χ2n) is 12.5. The molecule has 2 atom stereocenters. The Morgan fingerprint density at radius 3 is 1.16 bits per heavy atom. The van der Waals surface area contributed by atoms with Crippen molar-refractivity contribution in [3.63, 3.8) is 0 Å². The zero-order valence-corrected chi connectivity index (χ0v) is 32.0. The van der Waals surface area contributed by atoms with Crippen molar-refractivity contribution in [1.82, 2.24) is 0 Å². The van der Waals surface area contributed by atoms with Gasteiger partial charge >= 0.3 is 43.2 Å². The number of hydrogen-bond acceptors (Lipinski definition) is 6. The normalized spacial score (nSPS) is 11.7. The van der Waals surface area contributed by atoms with Crippen molar-refractivity contribution in [1.29, 1.82) is 0 Å². The molecule has 0 radical (unpaired) electrons. The number of hydrogen-bond donors (Lipinski definition) is 1. The van der Waals surface area contributed by atoms with Gasteiger partial charge in [0.1, 0.15) is 11.5 Å². The number of esters is 1. The second kappa shape index (κ2) is 27.3. The Balaban J connectivity index is 0. The summed E-state index contributed by atoms with van der Waals surface area (Å²) in [7, 11) is 0. The number of unbranched alkanes of at least 4 members (excludes halogenated alkanes) is 2. The van der Waals surface area contributed by atoms with Gasteiger partial charge in [0.2, 0.25) is 0 Å². The smallest absolute Gasteiger partial charge is 0.870 e. The molecule has 316 valence electrons. The van der Waals surface area contributed by atoms with Gasteiger partial charge in [0.25, 0.3) is 0 Å². The van der Waals surface area contributed by atoms with Crippen LogP contribution in [0.5, 0.6) is 11.5 Å². The number of rotatable bonds is 17. The van der Waals surface area contributed by atoms with Gasteiger partial charge in [0.15, 0.2) is 0 Å². The Morgan fingerprint density at radius 1 is 0.569 bits per heavy atom. The maximum Gasteiger partial charge on any atom is 1.00 e. The number of aliphatic carboxylic acids is 1. The Labute approximate surface area is 350 Å². The summed E-state index contributed by atoms with van der Waals surface area (Å²) in [6.07, 6.45) is -5.02. The van der Waals surface area contributed by atoms with E-state index < -0.39 is 47.3 Å². The van der Waals surface area contributed by atoms with Gasteiger partial charge in [-0.1, -0.05) is 90.1 Å². The van der Waals surface area contributed by atoms with E-state index in [-0.39, 0.29) is 58.6 Å². The van der Waals surface area contributed by atoms with Crippen LogP contribution in [-0.2, 0) is 26.7 Å². The van der Waals surface area contributed by atoms with Gasteiger partial charge in [-0.15, -0.1) is 0 Å². The van der Waals surface area contributed by atoms with E-state index >= 15 is 0 Å². The molecule has 0 aliphatic carbocycles. The third-order valence-electron chi connectivity index (χ3n) is 8.43. The first-order chi connectivity index (χ1) is 25.7. The van der Waals surface area contributed by atoms with Gasteiger partial charge in [-0.3, -0.25) is 9.59 Å². The Morgan fingerprint density at radius 2 is 0.879 bits per heavy atom. The third kappa shape index (κ3) is 18.4. The molecule has 4 aromatic carbocycles. The van der Waals surface area contributed by atoms with Gasteiger partial charge in [0.05, 0.1) is 43.8 Å². The Hall–Kier alpha value is -4.44. The zero-order valence-electron chi connectivity index (χ0n) is 32.0. The van der Waals surface area contributed by atoms with E-state index in [4.69, 9.17) is 14.2 Å². The molecule has 0 aliphatic heterocycles. The summed E-state index contributed by atoms with van der Waals surface area (Å²) in [5.74, 6) is -0.928. The summed E-state index contributed by atoms with van der Waals surface area (Å²) in [6, 6.07) is 23.9. The number of carbonyl (C=O) groups excluding carboxylic acids is 1. The quantitative estimate of drug-likeness (QED) is 0.0489. The molecule has 0 heterocycles. The molecule has 14 heteroatoms. The van der Waals surface area contributed by atoms with Crippen LogP contribution in [0.2, 0.25) is 0 Å². The van der Waals surface area contributed by atoms with E-state index in [1.54, 1.807) is 31.2 Å². The molecule has 4 rings (SSSR count). The molecular formula is C44H55F6LiO7. The molecule has 0 aromatic heterocycles. The average molecular weight is 817 g/mol. The van der Waals surface area contributed by atoms with E-state index in [2.05, 4.69) is 13.8 Å². The minimum absolute atomic E-state index is 0. The average Bonchev–Trinajstić information content (AvgIpc) is 3.13. The molecule has 0 bridgehead atoms. The molecule has 2 N–H and O–H groups in total. The predicted octanol–water partition coefficient (Wildman–Crippen LogP) is 9.56. The van der Waals surface area contributed by atoms with Gasteiger partial charge < -0.3 is 24.8 Å². The van der Waals surface area contributed by atoms with Gasteiger partial charge in [-0.2, -0.15) is 26.3 Å². The van der Waals surface area contributed by atoms with Gasteiger partial charge in [-0.25, -0.2) is 0 Å². The van der Waals surface area contributed by atoms with Crippen LogP contribution in [-0.4, -0.2) is 42.3 Å². The minimum atomic E-state index is -4.42. The SMILES string of the molecule is C.C.CCCCOc1ccc(C(CC(=O)O)c2ccc(C(F)(F)F)cc2)cc1.CCCCOc1ccc(C(CC(=O)OCC)c2ccc(C(F)(F)F)cc2)cc1.[Li+].[OH-]. The van der Waals surface area contributed by atoms with Crippen molar-refractivity contribution in [2.45, 2.75) is 98.3 Å². The molecule has 0 spiro atoms. The first kappa shape index (κ1) is 55.7. The fraction of sp³-hybridized carbons (Fsp3) is 0.409. The summed E-state index contributed by atoms with van der Waals surface area (Å²) in [5, 5.41) is 9.18. The largest absolute Gasteiger partial charge is 1.00 e. The van der Waals surface area contributed by atoms with Crippen molar-refractivity contribution in [3.05, 3.63) is 130 Å². The number of carboxylic acids is 1. The summed E-state index contributed by atoms with van der Waals surface area (Å²) in [5.41, 5.74) is 1.22. The fourth-order valence-electron chi connectivity index (χ4n) is 5.49. The maximum absolute atomic E-state index is 12.8. The van der Waals surface area contributed by atoms with Crippen molar-refractivity contribution >= 4 is 11.9 Å². The van der Waals surface area contributed by atoms with Crippen molar-refractivity contribution in [2.75, 3.05) is 19.8 Å². The fourth-order valence-corrected chi connectivity index (χ4v) is 5.49. The molecule has 4 aromatic rings.